The molecule has 2 aromatic heterocycles. The van der Waals surface area contributed by atoms with Crippen molar-refractivity contribution in [2.75, 3.05) is 19.5 Å². The number of hydrogen-bond donors (Lipinski definition) is 3. The molecule has 1 aliphatic heterocycles. The zero-order valence-electron chi connectivity index (χ0n) is 18.0. The van der Waals surface area contributed by atoms with Gasteiger partial charge in [0.25, 0.3) is 0 Å². The number of rotatable bonds is 7. The van der Waals surface area contributed by atoms with Crippen molar-refractivity contribution in [3.8, 4) is 23.0 Å². The number of carbonyl (C=O) groups is 2. The van der Waals surface area contributed by atoms with Gasteiger partial charge in [-0.1, -0.05) is 6.07 Å². The molecular formula is C22H25N5O5. The first kappa shape index (κ1) is 21.4. The molecule has 2 unspecified atom stereocenters. The van der Waals surface area contributed by atoms with Gasteiger partial charge in [0.15, 0.2) is 23.5 Å². The van der Waals surface area contributed by atoms with Gasteiger partial charge in [0.05, 0.1) is 26.9 Å². The number of hydrogen-bond acceptors (Lipinski definition) is 7. The van der Waals surface area contributed by atoms with Gasteiger partial charge in [-0.2, -0.15) is 5.10 Å². The molecule has 168 valence electrons. The van der Waals surface area contributed by atoms with Crippen molar-refractivity contribution in [1.29, 1.82) is 0 Å². The van der Waals surface area contributed by atoms with Gasteiger partial charge in [-0.05, 0) is 36.8 Å². The number of anilines is 1. The van der Waals surface area contributed by atoms with Crippen molar-refractivity contribution in [3.05, 3.63) is 48.2 Å². The maximum Gasteiger partial charge on any atom is 0.229 e. The third-order valence-electron chi connectivity index (χ3n) is 5.07. The molecule has 2 atom stereocenters. The Hall–Kier alpha value is -3.79. The van der Waals surface area contributed by atoms with Crippen LogP contribution in [0, 0.1) is 0 Å². The molecule has 3 aromatic rings. The Bertz CT molecular complexity index is 1110. The Morgan fingerprint density at radius 1 is 1.25 bits per heavy atom. The number of carbonyl (C=O) groups excluding carboxylic acids is 2. The molecule has 10 heteroatoms. The summed E-state index contributed by atoms with van der Waals surface area (Å²) in [6.45, 7) is 1.91. The van der Waals surface area contributed by atoms with Crippen molar-refractivity contribution in [2.24, 2.45) is 0 Å². The van der Waals surface area contributed by atoms with Crippen LogP contribution in [0.2, 0.25) is 0 Å². The molecule has 0 saturated carbocycles. The number of aromatic nitrogens is 2. The molecule has 0 spiro atoms. The first-order valence-corrected chi connectivity index (χ1v) is 10.2. The highest BCUT2D eigenvalue weighted by molar-refractivity contribution is 5.92. The Kier molecular flexibility index (Phi) is 6.13. The highest BCUT2D eigenvalue weighted by Crippen LogP contribution is 2.28. The first-order valence-electron chi connectivity index (χ1n) is 10.2. The van der Waals surface area contributed by atoms with Crippen LogP contribution in [-0.2, 0) is 16.0 Å². The van der Waals surface area contributed by atoms with Crippen molar-refractivity contribution < 1.29 is 23.5 Å². The molecule has 10 nitrogen and oxygen atoms in total. The lowest BCUT2D eigenvalue weighted by Gasteiger charge is -2.30. The average Bonchev–Trinajstić information content (AvgIpc) is 3.43. The quantitative estimate of drug-likeness (QED) is 0.517. The predicted octanol–water partition coefficient (Wildman–Crippen LogP) is 2.30. The molecule has 3 heterocycles. The van der Waals surface area contributed by atoms with E-state index < -0.39 is 6.29 Å². The van der Waals surface area contributed by atoms with Crippen LogP contribution in [0.4, 0.5) is 5.82 Å². The number of methoxy groups -OCH3 is 2. The summed E-state index contributed by atoms with van der Waals surface area (Å²) in [7, 11) is 3.10. The summed E-state index contributed by atoms with van der Waals surface area (Å²) in [6, 6.07) is 10.5. The zero-order valence-corrected chi connectivity index (χ0v) is 18.0. The van der Waals surface area contributed by atoms with E-state index in [1.807, 2.05) is 6.92 Å². The second-order valence-electron chi connectivity index (χ2n) is 7.49. The summed E-state index contributed by atoms with van der Waals surface area (Å²) in [4.78, 5) is 24.9. The number of furan rings is 1. The normalized spacial score (nSPS) is 18.2. The smallest absolute Gasteiger partial charge is 0.229 e. The van der Waals surface area contributed by atoms with Crippen LogP contribution in [-0.4, -0.2) is 41.9 Å². The number of amides is 2. The Labute approximate surface area is 184 Å². The number of ether oxygens (including phenoxy) is 2. The third kappa shape index (κ3) is 4.59. The van der Waals surface area contributed by atoms with Gasteiger partial charge in [-0.15, -0.1) is 0 Å². The van der Waals surface area contributed by atoms with Gasteiger partial charge < -0.3 is 24.5 Å². The molecule has 1 saturated heterocycles. The maximum absolute atomic E-state index is 12.8. The highest BCUT2D eigenvalue weighted by Gasteiger charge is 2.27. The summed E-state index contributed by atoms with van der Waals surface area (Å²) in [5.41, 5.74) is 1.29. The second kappa shape index (κ2) is 9.15. The largest absolute Gasteiger partial charge is 0.493 e. The lowest BCUT2D eigenvalue weighted by Crippen LogP contribution is -2.52. The average molecular weight is 439 g/mol. The fourth-order valence-corrected chi connectivity index (χ4v) is 3.58. The van der Waals surface area contributed by atoms with Gasteiger partial charge >= 0.3 is 0 Å². The first-order chi connectivity index (χ1) is 15.5. The van der Waals surface area contributed by atoms with Crippen molar-refractivity contribution in [1.82, 2.24) is 20.4 Å². The van der Waals surface area contributed by atoms with Crippen molar-refractivity contribution in [2.45, 2.75) is 32.1 Å². The monoisotopic (exact) mass is 439 g/mol. The fraction of sp³-hybridized carbons (Fsp3) is 0.318. The summed E-state index contributed by atoms with van der Waals surface area (Å²) in [5.74, 6) is 1.76. The Morgan fingerprint density at radius 3 is 2.75 bits per heavy atom. The molecule has 1 fully saturated rings. The van der Waals surface area contributed by atoms with Crippen molar-refractivity contribution >= 4 is 17.6 Å². The fourth-order valence-electron chi connectivity index (χ4n) is 3.58. The van der Waals surface area contributed by atoms with E-state index in [1.54, 1.807) is 56.9 Å². The molecule has 32 heavy (non-hydrogen) atoms. The summed E-state index contributed by atoms with van der Waals surface area (Å²) >= 11 is 0. The van der Waals surface area contributed by atoms with Crippen molar-refractivity contribution in [3.63, 3.8) is 0 Å². The predicted molar refractivity (Wildman–Crippen MR) is 116 cm³/mol. The third-order valence-corrected chi connectivity index (χ3v) is 5.07. The van der Waals surface area contributed by atoms with E-state index in [4.69, 9.17) is 13.9 Å². The minimum Gasteiger partial charge on any atom is -0.493 e. The Balaban J connectivity index is 1.58. The van der Waals surface area contributed by atoms with E-state index in [1.165, 1.54) is 4.68 Å². The lowest BCUT2D eigenvalue weighted by atomic mass is 10.1. The van der Waals surface area contributed by atoms with Crippen LogP contribution in [0.5, 0.6) is 11.5 Å². The molecule has 4 rings (SSSR count). The zero-order chi connectivity index (χ0) is 22.7. The van der Waals surface area contributed by atoms with Crippen LogP contribution >= 0.6 is 0 Å². The van der Waals surface area contributed by atoms with Crippen LogP contribution in [0.3, 0.4) is 0 Å². The molecule has 0 bridgehead atoms. The molecular weight excluding hydrogens is 414 g/mol. The van der Waals surface area contributed by atoms with E-state index >= 15 is 0 Å². The molecule has 2 amide bonds. The Morgan fingerprint density at radius 2 is 2.06 bits per heavy atom. The molecule has 0 aliphatic carbocycles. The van der Waals surface area contributed by atoms with Gasteiger partial charge in [-0.25, -0.2) is 4.68 Å². The maximum atomic E-state index is 12.8. The molecule has 1 aromatic carbocycles. The molecule has 3 N–H and O–H groups in total. The topological polar surface area (TPSA) is 120 Å². The van der Waals surface area contributed by atoms with Crippen LogP contribution in [0.15, 0.2) is 47.1 Å². The number of benzene rings is 1. The molecule has 1 aliphatic rings. The standard InChI is InChI=1S/C22H25N5O5/c1-13-9-20(28)25-22(23-13)27-19(12-15(26-27)16-5-4-8-32-16)24-21(29)11-14-6-7-17(30-2)18(10-14)31-3/h4-8,10,12-13,22-23H,9,11H2,1-3H3,(H,24,29)(H,25,28). The minimum atomic E-state index is -0.605. The number of nitrogens with zero attached hydrogens (tertiary/aromatic N) is 2. The van der Waals surface area contributed by atoms with Crippen LogP contribution in [0.25, 0.3) is 11.5 Å². The summed E-state index contributed by atoms with van der Waals surface area (Å²) in [5, 5.41) is 13.6. The van der Waals surface area contributed by atoms with Gasteiger partial charge in [0, 0.05) is 18.5 Å². The number of nitrogens with one attached hydrogen (secondary N) is 3. The van der Waals surface area contributed by atoms with Crippen LogP contribution < -0.4 is 25.4 Å². The van der Waals surface area contributed by atoms with E-state index in [2.05, 4.69) is 21.0 Å². The van der Waals surface area contributed by atoms with Crippen LogP contribution in [0.1, 0.15) is 25.2 Å². The second-order valence-corrected chi connectivity index (χ2v) is 7.49. The van der Waals surface area contributed by atoms with Gasteiger partial charge in [-0.3, -0.25) is 14.9 Å². The van der Waals surface area contributed by atoms with E-state index in [0.29, 0.717) is 35.2 Å². The summed E-state index contributed by atoms with van der Waals surface area (Å²) in [6.07, 6.45) is 1.42. The van der Waals surface area contributed by atoms with E-state index in [9.17, 15) is 9.59 Å². The van der Waals surface area contributed by atoms with E-state index in [0.717, 1.165) is 5.56 Å². The van der Waals surface area contributed by atoms with Gasteiger partial charge in [0.1, 0.15) is 11.5 Å². The van der Waals surface area contributed by atoms with Gasteiger partial charge in [0.2, 0.25) is 11.8 Å². The lowest BCUT2D eigenvalue weighted by molar-refractivity contribution is -0.125. The molecule has 0 radical (unpaired) electrons. The van der Waals surface area contributed by atoms with E-state index in [-0.39, 0.29) is 24.3 Å². The summed E-state index contributed by atoms with van der Waals surface area (Å²) < 4.78 is 17.5. The highest BCUT2D eigenvalue weighted by atomic mass is 16.5. The SMILES string of the molecule is COc1ccc(CC(=O)Nc2cc(-c3ccco3)nn2C2NC(=O)CC(C)N2)cc1OC. The minimum absolute atomic E-state index is 0.0414.